The van der Waals surface area contributed by atoms with E-state index < -0.39 is 0 Å². The Hall–Kier alpha value is -1.13. The van der Waals surface area contributed by atoms with Crippen LogP contribution in [0.2, 0.25) is 0 Å². The zero-order valence-electron chi connectivity index (χ0n) is 11.0. The Morgan fingerprint density at radius 1 is 1.56 bits per heavy atom. The first-order chi connectivity index (χ1) is 8.54. The highest BCUT2D eigenvalue weighted by Crippen LogP contribution is 2.33. The molecule has 2 rings (SSSR count). The average Bonchev–Trinajstić information content (AvgIpc) is 2.79. The second-order valence-electron chi connectivity index (χ2n) is 5.12. The summed E-state index contributed by atoms with van der Waals surface area (Å²) >= 11 is 0. The molecule has 0 bridgehead atoms. The van der Waals surface area contributed by atoms with Crippen molar-refractivity contribution in [2.75, 3.05) is 18.1 Å². The Kier molecular flexibility index (Phi) is 3.88. The van der Waals surface area contributed by atoms with Crippen molar-refractivity contribution in [1.82, 2.24) is 0 Å². The van der Waals surface area contributed by atoms with Gasteiger partial charge >= 0.3 is 0 Å². The van der Waals surface area contributed by atoms with Crippen molar-refractivity contribution >= 4 is 5.69 Å². The minimum atomic E-state index is -0.217. The van der Waals surface area contributed by atoms with Crippen molar-refractivity contribution in [3.8, 4) is 0 Å². The number of aliphatic hydroxyl groups is 1. The van der Waals surface area contributed by atoms with Crippen LogP contribution in [0.15, 0.2) is 12.1 Å². The molecule has 1 aliphatic heterocycles. The van der Waals surface area contributed by atoms with Gasteiger partial charge in [0.25, 0.3) is 0 Å². The second kappa shape index (κ2) is 5.24. The third-order valence-electron chi connectivity index (χ3n) is 3.70. The highest BCUT2D eigenvalue weighted by molar-refractivity contribution is 5.58. The zero-order valence-corrected chi connectivity index (χ0v) is 11.0. The molecule has 1 aliphatic rings. The maximum atomic E-state index is 13.7. The van der Waals surface area contributed by atoms with Crippen molar-refractivity contribution in [3.05, 3.63) is 29.1 Å². The first-order valence-electron chi connectivity index (χ1n) is 6.47. The molecule has 1 saturated heterocycles. The molecule has 1 fully saturated rings. The zero-order chi connectivity index (χ0) is 13.3. The molecule has 0 aliphatic carbocycles. The summed E-state index contributed by atoms with van der Waals surface area (Å²) < 4.78 is 13.7. The highest BCUT2D eigenvalue weighted by atomic mass is 19.1. The van der Waals surface area contributed by atoms with Gasteiger partial charge in [0, 0.05) is 18.3 Å². The summed E-state index contributed by atoms with van der Waals surface area (Å²) in [6.45, 7) is 4.65. The number of benzene rings is 1. The molecule has 0 amide bonds. The molecule has 3 N–H and O–H groups in total. The summed E-state index contributed by atoms with van der Waals surface area (Å²) in [6, 6.07) is 3.30. The number of rotatable bonds is 3. The summed E-state index contributed by atoms with van der Waals surface area (Å²) in [4.78, 5) is 2.16. The Morgan fingerprint density at radius 2 is 2.28 bits per heavy atom. The van der Waals surface area contributed by atoms with Crippen molar-refractivity contribution in [1.29, 1.82) is 0 Å². The van der Waals surface area contributed by atoms with Gasteiger partial charge in [-0.1, -0.05) is 0 Å². The van der Waals surface area contributed by atoms with Gasteiger partial charge in [-0.2, -0.15) is 0 Å². The van der Waals surface area contributed by atoms with Crippen LogP contribution in [-0.4, -0.2) is 24.3 Å². The van der Waals surface area contributed by atoms with Crippen molar-refractivity contribution in [2.24, 2.45) is 5.73 Å². The Balaban J connectivity index is 2.45. The molecule has 0 saturated carbocycles. The molecule has 100 valence electrons. The van der Waals surface area contributed by atoms with Crippen LogP contribution in [-0.2, 0) is 0 Å². The maximum Gasteiger partial charge on any atom is 0.126 e. The summed E-state index contributed by atoms with van der Waals surface area (Å²) in [6.07, 6.45) is 2.03. The quantitative estimate of drug-likeness (QED) is 0.866. The summed E-state index contributed by atoms with van der Waals surface area (Å²) in [7, 11) is 0. The number of halogens is 1. The highest BCUT2D eigenvalue weighted by Gasteiger charge is 2.27. The largest absolute Gasteiger partial charge is 0.394 e. The van der Waals surface area contributed by atoms with Crippen molar-refractivity contribution in [3.63, 3.8) is 0 Å². The van der Waals surface area contributed by atoms with Crippen LogP contribution < -0.4 is 10.6 Å². The van der Waals surface area contributed by atoms with E-state index in [-0.39, 0.29) is 24.5 Å². The van der Waals surface area contributed by atoms with Gasteiger partial charge in [0.15, 0.2) is 0 Å². The van der Waals surface area contributed by atoms with E-state index in [1.165, 1.54) is 6.07 Å². The van der Waals surface area contributed by atoms with Crippen molar-refractivity contribution < 1.29 is 9.50 Å². The van der Waals surface area contributed by atoms with Gasteiger partial charge in [-0.25, -0.2) is 4.39 Å². The fraction of sp³-hybridized carbons (Fsp3) is 0.571. The normalized spacial score (nSPS) is 21.4. The van der Waals surface area contributed by atoms with Gasteiger partial charge in [0.2, 0.25) is 0 Å². The molecular formula is C14H21FN2O. The van der Waals surface area contributed by atoms with Crippen LogP contribution >= 0.6 is 0 Å². The van der Waals surface area contributed by atoms with Crippen LogP contribution in [0.4, 0.5) is 10.1 Å². The molecule has 1 heterocycles. The van der Waals surface area contributed by atoms with Gasteiger partial charge in [-0.15, -0.1) is 0 Å². The molecule has 0 radical (unpaired) electrons. The number of hydrogen-bond acceptors (Lipinski definition) is 3. The Labute approximate surface area is 107 Å². The van der Waals surface area contributed by atoms with Crippen LogP contribution in [0.1, 0.15) is 36.9 Å². The molecule has 18 heavy (non-hydrogen) atoms. The van der Waals surface area contributed by atoms with Crippen molar-refractivity contribution in [2.45, 2.75) is 38.8 Å². The van der Waals surface area contributed by atoms with Crippen LogP contribution in [0.25, 0.3) is 0 Å². The number of aryl methyl sites for hydroxylation is 1. The predicted molar refractivity (Wildman–Crippen MR) is 71.2 cm³/mol. The number of anilines is 1. The molecule has 1 aromatic carbocycles. The third kappa shape index (κ3) is 2.35. The Morgan fingerprint density at radius 3 is 2.89 bits per heavy atom. The molecule has 0 aromatic heterocycles. The molecule has 3 nitrogen and oxygen atoms in total. The smallest absolute Gasteiger partial charge is 0.126 e. The van der Waals surface area contributed by atoms with E-state index in [0.29, 0.717) is 5.56 Å². The fourth-order valence-electron chi connectivity index (χ4n) is 2.64. The first-order valence-corrected chi connectivity index (χ1v) is 6.47. The summed E-state index contributed by atoms with van der Waals surface area (Å²) in [5.41, 5.74) is 8.35. The van der Waals surface area contributed by atoms with E-state index in [9.17, 15) is 9.50 Å². The number of aliphatic hydroxyl groups excluding tert-OH is 1. The minimum Gasteiger partial charge on any atom is -0.394 e. The van der Waals surface area contributed by atoms with E-state index in [1.54, 1.807) is 6.92 Å². The van der Waals surface area contributed by atoms with Gasteiger partial charge in [0.05, 0.1) is 12.6 Å². The lowest BCUT2D eigenvalue weighted by molar-refractivity contribution is 0.266. The molecule has 0 spiro atoms. The van der Waals surface area contributed by atoms with Crippen LogP contribution in [0.5, 0.6) is 0 Å². The molecule has 1 aromatic rings. The monoisotopic (exact) mass is 252 g/mol. The fourth-order valence-corrected chi connectivity index (χ4v) is 2.64. The lowest BCUT2D eigenvalue weighted by Gasteiger charge is -2.29. The summed E-state index contributed by atoms with van der Waals surface area (Å²) in [5, 5.41) is 9.40. The molecular weight excluding hydrogens is 231 g/mol. The van der Waals surface area contributed by atoms with Gasteiger partial charge in [-0.3, -0.25) is 0 Å². The SMILES string of the molecule is Cc1cc(N2CCCC2CO)c([C@@H](C)N)cc1F. The lowest BCUT2D eigenvalue weighted by Crippen LogP contribution is -2.33. The number of nitrogens with two attached hydrogens (primary N) is 1. The van der Waals surface area contributed by atoms with Crippen LogP contribution in [0, 0.1) is 12.7 Å². The average molecular weight is 252 g/mol. The number of hydrogen-bond donors (Lipinski definition) is 2. The lowest BCUT2D eigenvalue weighted by atomic mass is 10.0. The Bertz CT molecular complexity index is 434. The van der Waals surface area contributed by atoms with Gasteiger partial charge in [0.1, 0.15) is 5.82 Å². The minimum absolute atomic E-state index is 0.132. The number of nitrogens with zero attached hydrogens (tertiary/aromatic N) is 1. The van der Waals surface area contributed by atoms with E-state index in [4.69, 9.17) is 5.73 Å². The maximum absolute atomic E-state index is 13.7. The molecule has 2 atom stereocenters. The standard InChI is InChI=1S/C14H21FN2O/c1-9-6-14(12(10(2)16)7-13(9)15)17-5-3-4-11(17)8-18/h6-7,10-11,18H,3-5,8,16H2,1-2H3/t10-,11?/m1/s1. The van der Waals surface area contributed by atoms with E-state index in [0.717, 1.165) is 30.6 Å². The molecule has 4 heteroatoms. The predicted octanol–water partition coefficient (Wildman–Crippen LogP) is 2.11. The van der Waals surface area contributed by atoms with E-state index in [2.05, 4.69) is 4.90 Å². The third-order valence-corrected chi connectivity index (χ3v) is 3.70. The first kappa shape index (κ1) is 13.3. The second-order valence-corrected chi connectivity index (χ2v) is 5.12. The van der Waals surface area contributed by atoms with Gasteiger partial charge < -0.3 is 15.7 Å². The summed E-state index contributed by atoms with van der Waals surface area (Å²) in [5.74, 6) is -0.217. The van der Waals surface area contributed by atoms with Crippen LogP contribution in [0.3, 0.4) is 0 Å². The topological polar surface area (TPSA) is 49.5 Å². The van der Waals surface area contributed by atoms with E-state index >= 15 is 0 Å². The van der Waals surface area contributed by atoms with Gasteiger partial charge in [-0.05, 0) is 49.9 Å². The van der Waals surface area contributed by atoms with E-state index in [1.807, 2.05) is 13.0 Å². The molecule has 1 unspecified atom stereocenters.